The summed E-state index contributed by atoms with van der Waals surface area (Å²) in [6, 6.07) is 12.5. The zero-order chi connectivity index (χ0) is 20.1. The maximum atomic E-state index is 11.3. The molecule has 2 aromatic carbocycles. The molecule has 0 radical (unpaired) electrons. The van der Waals surface area contributed by atoms with Gasteiger partial charge in [0.25, 0.3) is 5.69 Å². The van der Waals surface area contributed by atoms with Crippen molar-refractivity contribution in [1.82, 2.24) is 14.9 Å². The van der Waals surface area contributed by atoms with Crippen LogP contribution in [0.5, 0.6) is 5.75 Å². The van der Waals surface area contributed by atoms with E-state index in [1.54, 1.807) is 12.1 Å². The van der Waals surface area contributed by atoms with Crippen LogP contribution >= 0.6 is 12.2 Å². The van der Waals surface area contributed by atoms with E-state index in [-0.39, 0.29) is 10.6 Å². The molecule has 0 amide bonds. The van der Waals surface area contributed by atoms with Crippen LogP contribution in [0.4, 0.5) is 5.69 Å². The lowest BCUT2D eigenvalue weighted by molar-refractivity contribution is -0.385. The Morgan fingerprint density at radius 1 is 1.32 bits per heavy atom. The number of hydrogen-bond donors (Lipinski definition) is 1. The summed E-state index contributed by atoms with van der Waals surface area (Å²) >= 11 is 5.29. The van der Waals surface area contributed by atoms with Crippen LogP contribution in [0.15, 0.2) is 47.6 Å². The summed E-state index contributed by atoms with van der Waals surface area (Å²) in [5, 5.41) is 22.6. The van der Waals surface area contributed by atoms with E-state index in [2.05, 4.69) is 15.3 Å². The van der Waals surface area contributed by atoms with Gasteiger partial charge in [0, 0.05) is 17.2 Å². The third-order valence-corrected chi connectivity index (χ3v) is 4.35. The molecular formula is C19H19N5O3S. The molecule has 0 saturated heterocycles. The number of H-pyrrole nitrogens is 1. The minimum Gasteiger partial charge on any atom is -0.493 e. The first kappa shape index (κ1) is 19.4. The number of aromatic nitrogens is 3. The molecule has 144 valence electrons. The van der Waals surface area contributed by atoms with Gasteiger partial charge in [-0.05, 0) is 37.7 Å². The minimum atomic E-state index is -0.385. The second-order valence-corrected chi connectivity index (χ2v) is 6.22. The van der Waals surface area contributed by atoms with Crippen molar-refractivity contribution >= 4 is 24.1 Å². The minimum absolute atomic E-state index is 0.0733. The average Bonchev–Trinajstić information content (AvgIpc) is 3.07. The van der Waals surface area contributed by atoms with Gasteiger partial charge in [-0.2, -0.15) is 14.9 Å². The molecule has 3 aromatic rings. The van der Waals surface area contributed by atoms with Crippen LogP contribution in [0, 0.1) is 14.9 Å². The number of rotatable bonds is 7. The highest BCUT2D eigenvalue weighted by Crippen LogP contribution is 2.28. The highest BCUT2D eigenvalue weighted by Gasteiger charge is 2.14. The number of para-hydroxylation sites is 1. The fourth-order valence-corrected chi connectivity index (χ4v) is 2.94. The lowest BCUT2D eigenvalue weighted by Crippen LogP contribution is -2.00. The SMILES string of the molecule is CCOc1ccccc1-c1n[nH]c(=S)n1/N=C\c1ccc(CC)c([N+](=O)[O-])c1. The largest absolute Gasteiger partial charge is 0.493 e. The molecule has 8 nitrogen and oxygen atoms in total. The Kier molecular flexibility index (Phi) is 5.95. The van der Waals surface area contributed by atoms with Crippen LogP contribution in [-0.4, -0.2) is 32.6 Å². The molecule has 28 heavy (non-hydrogen) atoms. The zero-order valence-corrected chi connectivity index (χ0v) is 16.3. The second-order valence-electron chi connectivity index (χ2n) is 5.84. The zero-order valence-electron chi connectivity index (χ0n) is 15.5. The van der Waals surface area contributed by atoms with Crippen LogP contribution in [-0.2, 0) is 6.42 Å². The van der Waals surface area contributed by atoms with Gasteiger partial charge in [-0.25, -0.2) is 5.10 Å². The van der Waals surface area contributed by atoms with Crippen molar-refractivity contribution in [3.63, 3.8) is 0 Å². The topological polar surface area (TPSA) is 98.3 Å². The second kappa shape index (κ2) is 8.57. The molecule has 0 atom stereocenters. The lowest BCUT2D eigenvalue weighted by atomic mass is 10.1. The van der Waals surface area contributed by atoms with E-state index in [9.17, 15) is 10.1 Å². The van der Waals surface area contributed by atoms with Gasteiger partial charge in [-0.3, -0.25) is 10.1 Å². The van der Waals surface area contributed by atoms with Crippen LogP contribution in [0.3, 0.4) is 0 Å². The van der Waals surface area contributed by atoms with Crippen molar-refractivity contribution in [2.24, 2.45) is 5.10 Å². The maximum absolute atomic E-state index is 11.3. The van der Waals surface area contributed by atoms with Crippen LogP contribution in [0.2, 0.25) is 0 Å². The van der Waals surface area contributed by atoms with Crippen LogP contribution in [0.1, 0.15) is 25.0 Å². The first-order chi connectivity index (χ1) is 13.5. The number of nitrogens with zero attached hydrogens (tertiary/aromatic N) is 4. The summed E-state index contributed by atoms with van der Waals surface area (Å²) in [6.07, 6.45) is 2.10. The van der Waals surface area contributed by atoms with E-state index in [0.29, 0.717) is 40.5 Å². The van der Waals surface area contributed by atoms with Gasteiger partial charge in [0.2, 0.25) is 4.77 Å². The molecule has 0 aliphatic heterocycles. The Labute approximate surface area is 166 Å². The van der Waals surface area contributed by atoms with E-state index in [1.165, 1.54) is 17.0 Å². The van der Waals surface area contributed by atoms with Crippen molar-refractivity contribution in [1.29, 1.82) is 0 Å². The number of nitro groups is 1. The number of aromatic amines is 1. The molecule has 0 saturated carbocycles. The smallest absolute Gasteiger partial charge is 0.273 e. The maximum Gasteiger partial charge on any atom is 0.273 e. The number of aryl methyl sites for hydroxylation is 1. The Balaban J connectivity index is 2.01. The van der Waals surface area contributed by atoms with Crippen molar-refractivity contribution in [3.8, 4) is 17.1 Å². The average molecular weight is 397 g/mol. The fraction of sp³-hybridized carbons (Fsp3) is 0.211. The molecule has 0 aliphatic rings. The number of nitro benzene ring substituents is 1. The molecule has 0 fully saturated rings. The molecular weight excluding hydrogens is 378 g/mol. The molecule has 1 heterocycles. The number of nitrogens with one attached hydrogen (secondary N) is 1. The molecule has 9 heteroatoms. The fourth-order valence-electron chi connectivity index (χ4n) is 2.76. The van der Waals surface area contributed by atoms with E-state index in [4.69, 9.17) is 17.0 Å². The summed E-state index contributed by atoms with van der Waals surface area (Å²) in [5.74, 6) is 1.16. The predicted octanol–water partition coefficient (Wildman–Crippen LogP) is 4.36. The lowest BCUT2D eigenvalue weighted by Gasteiger charge is -2.08. The standard InChI is InChI=1S/C19H19N5O3S/c1-3-14-10-9-13(11-16(14)24(25)26)12-20-23-18(21-22-19(23)28)15-7-5-6-8-17(15)27-4-2/h5-12H,3-4H2,1-2H3,(H,22,28)/b20-12-. The van der Waals surface area contributed by atoms with E-state index in [0.717, 1.165) is 5.56 Å². The quantitative estimate of drug-likeness (QED) is 0.276. The van der Waals surface area contributed by atoms with Gasteiger partial charge >= 0.3 is 0 Å². The molecule has 3 rings (SSSR count). The normalized spacial score (nSPS) is 11.1. The van der Waals surface area contributed by atoms with Crippen molar-refractivity contribution in [2.75, 3.05) is 6.61 Å². The van der Waals surface area contributed by atoms with Gasteiger partial charge in [-0.15, -0.1) is 0 Å². The summed E-state index contributed by atoms with van der Waals surface area (Å²) in [5.41, 5.74) is 2.08. The third kappa shape index (κ3) is 3.99. The molecule has 1 N–H and O–H groups in total. The number of hydrogen-bond acceptors (Lipinski definition) is 6. The monoisotopic (exact) mass is 397 g/mol. The first-order valence-electron chi connectivity index (χ1n) is 8.76. The summed E-state index contributed by atoms with van der Waals surface area (Å²) in [6.45, 7) is 4.29. The van der Waals surface area contributed by atoms with Gasteiger partial charge in [0.15, 0.2) is 5.82 Å². The Bertz CT molecular complexity index is 1090. The van der Waals surface area contributed by atoms with E-state index >= 15 is 0 Å². The molecule has 0 unspecified atom stereocenters. The Hall–Kier alpha value is -3.33. The molecule has 1 aromatic heterocycles. The van der Waals surface area contributed by atoms with Crippen LogP contribution in [0.25, 0.3) is 11.4 Å². The summed E-state index contributed by atoms with van der Waals surface area (Å²) in [4.78, 5) is 10.9. The molecule has 0 aliphatic carbocycles. The van der Waals surface area contributed by atoms with E-state index in [1.807, 2.05) is 38.1 Å². The highest BCUT2D eigenvalue weighted by molar-refractivity contribution is 7.71. The van der Waals surface area contributed by atoms with Crippen molar-refractivity contribution in [3.05, 3.63) is 68.5 Å². The Morgan fingerprint density at radius 2 is 2.11 bits per heavy atom. The van der Waals surface area contributed by atoms with Crippen LogP contribution < -0.4 is 4.74 Å². The summed E-state index contributed by atoms with van der Waals surface area (Å²) in [7, 11) is 0. The van der Waals surface area contributed by atoms with Gasteiger partial charge in [0.05, 0.1) is 23.3 Å². The Morgan fingerprint density at radius 3 is 2.82 bits per heavy atom. The van der Waals surface area contributed by atoms with Crippen molar-refractivity contribution in [2.45, 2.75) is 20.3 Å². The van der Waals surface area contributed by atoms with E-state index < -0.39 is 0 Å². The number of ether oxygens (including phenoxy) is 1. The number of benzene rings is 2. The van der Waals surface area contributed by atoms with Gasteiger partial charge < -0.3 is 4.74 Å². The third-order valence-electron chi connectivity index (χ3n) is 4.09. The predicted molar refractivity (Wildman–Crippen MR) is 109 cm³/mol. The molecule has 0 bridgehead atoms. The van der Waals surface area contributed by atoms with Gasteiger partial charge in [0.1, 0.15) is 5.75 Å². The summed E-state index contributed by atoms with van der Waals surface area (Å²) < 4.78 is 7.43. The van der Waals surface area contributed by atoms with Crippen molar-refractivity contribution < 1.29 is 9.66 Å². The highest BCUT2D eigenvalue weighted by atomic mass is 32.1. The van der Waals surface area contributed by atoms with Gasteiger partial charge in [-0.1, -0.05) is 31.2 Å². The molecule has 0 spiro atoms. The first-order valence-corrected chi connectivity index (χ1v) is 9.17.